The number of aliphatic imine (C=N–C) groups is 1. The Hall–Kier alpha value is -2.27. The average Bonchev–Trinajstić information content (AvgIpc) is 3.05. The van der Waals surface area contributed by atoms with E-state index in [4.69, 9.17) is 5.11 Å². The number of carboxylic acid groups (broad SMARTS) is 1. The van der Waals surface area contributed by atoms with Gasteiger partial charge in [0.1, 0.15) is 0 Å². The first-order chi connectivity index (χ1) is 11.5. The summed E-state index contributed by atoms with van der Waals surface area (Å²) in [5.41, 5.74) is 3.43. The molecule has 124 valence electrons. The van der Waals surface area contributed by atoms with Crippen molar-refractivity contribution >= 4 is 39.2 Å². The van der Waals surface area contributed by atoms with Crippen molar-refractivity contribution in [3.05, 3.63) is 54.1 Å². The van der Waals surface area contributed by atoms with Gasteiger partial charge in [-0.15, -0.1) is 18.3 Å². The molecule has 0 saturated heterocycles. The Morgan fingerprint density at radius 2 is 2.21 bits per heavy atom. The average molecular weight is 340 g/mol. The third kappa shape index (κ3) is 3.04. The molecule has 0 unspecified atom stereocenters. The van der Waals surface area contributed by atoms with E-state index in [9.17, 15) is 4.79 Å². The number of anilines is 1. The lowest BCUT2D eigenvalue weighted by atomic mass is 9.98. The molecule has 1 aliphatic heterocycles. The standard InChI is InChI=1S/C19H20N2O2S/c1-4-5-15-14-8-6-13(18-20-16(11-24-18)19(22)23)10-12(14)7-9-17(15)21(2)3/h4,6-10,16H,1,5,11H2,2-3H3,(H,22,23)/t16-/m1/s1. The van der Waals surface area contributed by atoms with Crippen LogP contribution in [0, 0.1) is 0 Å². The minimum absolute atomic E-state index is 0.504. The quantitative estimate of drug-likeness (QED) is 0.845. The van der Waals surface area contributed by atoms with Gasteiger partial charge in [-0.2, -0.15) is 0 Å². The van der Waals surface area contributed by atoms with Crippen molar-refractivity contribution < 1.29 is 9.90 Å². The lowest BCUT2D eigenvalue weighted by Crippen LogP contribution is -2.17. The van der Waals surface area contributed by atoms with Crippen LogP contribution in [0.15, 0.2) is 48.0 Å². The molecule has 5 heteroatoms. The molecule has 0 bridgehead atoms. The maximum absolute atomic E-state index is 11.1. The molecule has 0 fully saturated rings. The Morgan fingerprint density at radius 3 is 2.83 bits per heavy atom. The maximum atomic E-state index is 11.1. The third-order valence-corrected chi connectivity index (χ3v) is 5.22. The van der Waals surface area contributed by atoms with E-state index in [0.717, 1.165) is 22.4 Å². The Morgan fingerprint density at radius 1 is 1.42 bits per heavy atom. The number of rotatable bonds is 5. The highest BCUT2D eigenvalue weighted by Gasteiger charge is 2.25. The van der Waals surface area contributed by atoms with Crippen LogP contribution in [0.1, 0.15) is 11.1 Å². The molecule has 1 atom stereocenters. The Bertz CT molecular complexity index is 843. The fraction of sp³-hybridized carbons (Fsp3) is 0.263. The summed E-state index contributed by atoms with van der Waals surface area (Å²) in [6.07, 6.45) is 2.73. The monoisotopic (exact) mass is 340 g/mol. The van der Waals surface area contributed by atoms with Crippen molar-refractivity contribution in [1.29, 1.82) is 0 Å². The molecule has 24 heavy (non-hydrogen) atoms. The molecule has 2 aromatic rings. The number of benzene rings is 2. The van der Waals surface area contributed by atoms with Gasteiger partial charge in [-0.25, -0.2) is 4.79 Å². The highest BCUT2D eigenvalue weighted by molar-refractivity contribution is 8.14. The van der Waals surface area contributed by atoms with Crippen LogP contribution in [0.3, 0.4) is 0 Å². The molecule has 0 saturated carbocycles. The van der Waals surface area contributed by atoms with Crippen LogP contribution in [-0.2, 0) is 11.2 Å². The molecule has 0 radical (unpaired) electrons. The highest BCUT2D eigenvalue weighted by Crippen LogP contribution is 2.31. The molecule has 0 spiro atoms. The highest BCUT2D eigenvalue weighted by atomic mass is 32.2. The van der Waals surface area contributed by atoms with Crippen molar-refractivity contribution in [2.45, 2.75) is 12.5 Å². The fourth-order valence-electron chi connectivity index (χ4n) is 2.95. The van der Waals surface area contributed by atoms with Gasteiger partial charge in [-0.3, -0.25) is 4.99 Å². The normalized spacial score (nSPS) is 16.9. The van der Waals surface area contributed by atoms with Gasteiger partial charge in [0.25, 0.3) is 0 Å². The summed E-state index contributed by atoms with van der Waals surface area (Å²) in [5.74, 6) is -0.355. The predicted molar refractivity (Wildman–Crippen MR) is 103 cm³/mol. The second kappa shape index (κ2) is 6.69. The van der Waals surface area contributed by atoms with Gasteiger partial charge < -0.3 is 10.0 Å². The summed E-state index contributed by atoms with van der Waals surface area (Å²) in [5, 5.41) is 12.2. The Labute approximate surface area is 145 Å². The zero-order chi connectivity index (χ0) is 17.3. The maximum Gasteiger partial charge on any atom is 0.329 e. The number of hydrogen-bond acceptors (Lipinski definition) is 4. The topological polar surface area (TPSA) is 52.9 Å². The lowest BCUT2D eigenvalue weighted by molar-refractivity contribution is -0.137. The number of carbonyl (C=O) groups is 1. The number of nitrogens with zero attached hydrogens (tertiary/aromatic N) is 2. The number of carboxylic acids is 1. The number of allylic oxidation sites excluding steroid dienone is 1. The largest absolute Gasteiger partial charge is 0.480 e. The van der Waals surface area contributed by atoms with Crippen LogP contribution >= 0.6 is 11.8 Å². The first-order valence-electron chi connectivity index (χ1n) is 7.79. The van der Waals surface area contributed by atoms with Crippen molar-refractivity contribution in [3.63, 3.8) is 0 Å². The van der Waals surface area contributed by atoms with Crippen molar-refractivity contribution in [3.8, 4) is 0 Å². The molecule has 0 amide bonds. The number of aliphatic carboxylic acids is 1. The van der Waals surface area contributed by atoms with Crippen molar-refractivity contribution in [1.82, 2.24) is 0 Å². The van der Waals surface area contributed by atoms with E-state index in [1.807, 2.05) is 26.2 Å². The first-order valence-corrected chi connectivity index (χ1v) is 8.77. The molecule has 2 aromatic carbocycles. The van der Waals surface area contributed by atoms with Crippen LogP contribution in [-0.4, -0.2) is 42.0 Å². The minimum Gasteiger partial charge on any atom is -0.480 e. The molecule has 4 nitrogen and oxygen atoms in total. The summed E-state index contributed by atoms with van der Waals surface area (Å²) in [6, 6.07) is 9.83. The second-order valence-electron chi connectivity index (χ2n) is 5.99. The van der Waals surface area contributed by atoms with Crippen molar-refractivity contribution in [2.75, 3.05) is 24.7 Å². The fourth-order valence-corrected chi connectivity index (χ4v) is 3.98. The van der Waals surface area contributed by atoms with Gasteiger partial charge in [-0.1, -0.05) is 24.3 Å². The van der Waals surface area contributed by atoms with E-state index in [-0.39, 0.29) is 0 Å². The molecule has 0 aromatic heterocycles. The summed E-state index contributed by atoms with van der Waals surface area (Å²) in [6.45, 7) is 3.87. The summed E-state index contributed by atoms with van der Waals surface area (Å²) >= 11 is 1.51. The number of hydrogen-bond donors (Lipinski definition) is 1. The Kier molecular flexibility index (Phi) is 4.62. The molecular formula is C19H20N2O2S. The lowest BCUT2D eigenvalue weighted by Gasteiger charge is -2.19. The van der Waals surface area contributed by atoms with E-state index < -0.39 is 12.0 Å². The van der Waals surface area contributed by atoms with Crippen LogP contribution < -0.4 is 4.90 Å². The van der Waals surface area contributed by atoms with E-state index >= 15 is 0 Å². The van der Waals surface area contributed by atoms with Crippen LogP contribution in [0.2, 0.25) is 0 Å². The predicted octanol–water partition coefficient (Wildman–Crippen LogP) is 3.58. The molecular weight excluding hydrogens is 320 g/mol. The SMILES string of the molecule is C=CCc1c(N(C)C)ccc2cc(C3=N[C@@H](C(=O)O)CS3)ccc12. The smallest absolute Gasteiger partial charge is 0.329 e. The molecule has 3 rings (SSSR count). The number of fused-ring (bicyclic) bond motifs is 1. The van der Waals surface area contributed by atoms with Crippen molar-refractivity contribution in [2.24, 2.45) is 4.99 Å². The Balaban J connectivity index is 2.07. The van der Waals surface area contributed by atoms with E-state index in [1.165, 1.54) is 28.4 Å². The van der Waals surface area contributed by atoms with Crippen LogP contribution in [0.4, 0.5) is 5.69 Å². The molecule has 1 N–H and O–H groups in total. The van der Waals surface area contributed by atoms with Gasteiger partial charge in [0.05, 0.1) is 5.04 Å². The minimum atomic E-state index is -0.859. The zero-order valence-electron chi connectivity index (χ0n) is 13.8. The van der Waals surface area contributed by atoms with Gasteiger partial charge in [0.2, 0.25) is 0 Å². The van der Waals surface area contributed by atoms with Crippen LogP contribution in [0.5, 0.6) is 0 Å². The first kappa shape index (κ1) is 16.6. The summed E-state index contributed by atoms with van der Waals surface area (Å²) in [4.78, 5) is 17.5. The summed E-state index contributed by atoms with van der Waals surface area (Å²) in [7, 11) is 4.08. The van der Waals surface area contributed by atoms with E-state index in [1.54, 1.807) is 0 Å². The van der Waals surface area contributed by atoms with Gasteiger partial charge in [0, 0.05) is 31.1 Å². The number of thioether (sulfide) groups is 1. The molecule has 0 aliphatic carbocycles. The van der Waals surface area contributed by atoms with E-state index in [2.05, 4.69) is 40.7 Å². The van der Waals surface area contributed by atoms with Gasteiger partial charge >= 0.3 is 5.97 Å². The third-order valence-electron chi connectivity index (χ3n) is 4.12. The molecule has 1 heterocycles. The zero-order valence-corrected chi connectivity index (χ0v) is 14.6. The summed E-state index contributed by atoms with van der Waals surface area (Å²) < 4.78 is 0. The molecule has 1 aliphatic rings. The van der Waals surface area contributed by atoms with Gasteiger partial charge in [0.15, 0.2) is 6.04 Å². The van der Waals surface area contributed by atoms with Crippen LogP contribution in [0.25, 0.3) is 10.8 Å². The van der Waals surface area contributed by atoms with E-state index in [0.29, 0.717) is 5.75 Å². The van der Waals surface area contributed by atoms with Gasteiger partial charge in [-0.05, 0) is 34.9 Å². The second-order valence-corrected chi connectivity index (χ2v) is 6.99.